The zero-order chi connectivity index (χ0) is 12.9. The van der Waals surface area contributed by atoms with Gasteiger partial charge in [-0.05, 0) is 26.3 Å². The Morgan fingerprint density at radius 3 is 1.88 bits per heavy atom. The summed E-state index contributed by atoms with van der Waals surface area (Å²) in [5.41, 5.74) is 0. The van der Waals surface area contributed by atoms with Gasteiger partial charge in [0.2, 0.25) is 0 Å². The molecule has 1 N–H and O–H groups in total. The largest absolute Gasteiger partial charge is 0.317 e. The summed E-state index contributed by atoms with van der Waals surface area (Å²) in [5, 5.41) is 3.33. The summed E-state index contributed by atoms with van der Waals surface area (Å²) >= 11 is 0. The fourth-order valence-corrected chi connectivity index (χ4v) is 2.47. The Morgan fingerprint density at radius 1 is 0.824 bits per heavy atom. The third kappa shape index (κ3) is 12.2. The van der Waals surface area contributed by atoms with Gasteiger partial charge in [-0.3, -0.25) is 0 Å². The predicted octanol–water partition coefficient (Wildman–Crippen LogP) is 5.15. The molecule has 2 atom stereocenters. The van der Waals surface area contributed by atoms with Crippen LogP contribution >= 0.6 is 0 Å². The number of hydrogen-bond donors (Lipinski definition) is 1. The van der Waals surface area contributed by atoms with E-state index in [2.05, 4.69) is 33.1 Å². The molecule has 0 saturated carbocycles. The summed E-state index contributed by atoms with van der Waals surface area (Å²) in [6.45, 7) is 6.97. The maximum Gasteiger partial charge on any atom is 0.00382 e. The van der Waals surface area contributed by atoms with E-state index in [1.54, 1.807) is 0 Å². The maximum atomic E-state index is 3.33. The molecule has 0 aromatic heterocycles. The zero-order valence-corrected chi connectivity index (χ0v) is 12.7. The van der Waals surface area contributed by atoms with E-state index >= 15 is 0 Å². The van der Waals surface area contributed by atoms with E-state index < -0.39 is 0 Å². The topological polar surface area (TPSA) is 12.0 Å². The summed E-state index contributed by atoms with van der Waals surface area (Å²) < 4.78 is 0. The van der Waals surface area contributed by atoms with E-state index in [1.807, 2.05) is 0 Å². The Labute approximate surface area is 110 Å². The normalized spacial score (nSPS) is 14.8. The van der Waals surface area contributed by atoms with E-state index in [0.717, 1.165) is 5.92 Å². The van der Waals surface area contributed by atoms with E-state index in [4.69, 9.17) is 0 Å². The molecule has 0 spiro atoms. The smallest absolute Gasteiger partial charge is 0.00382 e. The SMILES string of the molecule is CCCCCCCCCCC(C)CC(C)NC. The Kier molecular flexibility index (Phi) is 12.4. The van der Waals surface area contributed by atoms with Crippen LogP contribution in [0, 0.1) is 5.92 Å². The van der Waals surface area contributed by atoms with Crippen LogP contribution in [0.2, 0.25) is 0 Å². The molecule has 0 aliphatic rings. The quantitative estimate of drug-likeness (QED) is 0.466. The van der Waals surface area contributed by atoms with Gasteiger partial charge >= 0.3 is 0 Å². The summed E-state index contributed by atoms with van der Waals surface area (Å²) in [5.74, 6) is 0.887. The minimum atomic E-state index is 0.680. The Hall–Kier alpha value is -0.0400. The second-order valence-electron chi connectivity index (χ2n) is 5.79. The summed E-state index contributed by atoms with van der Waals surface area (Å²) in [6, 6.07) is 0.680. The third-order valence-electron chi connectivity index (χ3n) is 3.80. The standard InChI is InChI=1S/C16H35N/c1-5-6-7-8-9-10-11-12-13-15(2)14-16(3)17-4/h15-17H,5-14H2,1-4H3. The van der Waals surface area contributed by atoms with Crippen molar-refractivity contribution in [3.8, 4) is 0 Å². The maximum absolute atomic E-state index is 3.33. The molecule has 0 fully saturated rings. The molecule has 0 amide bonds. The Bertz CT molecular complexity index is 144. The highest BCUT2D eigenvalue weighted by molar-refractivity contribution is 4.63. The molecule has 0 bridgehead atoms. The van der Waals surface area contributed by atoms with Crippen LogP contribution in [0.25, 0.3) is 0 Å². The Morgan fingerprint density at radius 2 is 1.35 bits per heavy atom. The first kappa shape index (κ1) is 17.0. The predicted molar refractivity (Wildman–Crippen MR) is 79.5 cm³/mol. The van der Waals surface area contributed by atoms with Crippen molar-refractivity contribution >= 4 is 0 Å². The second-order valence-corrected chi connectivity index (χ2v) is 5.79. The lowest BCUT2D eigenvalue weighted by molar-refractivity contribution is 0.402. The van der Waals surface area contributed by atoms with Gasteiger partial charge in [-0.2, -0.15) is 0 Å². The molecule has 0 aromatic carbocycles. The van der Waals surface area contributed by atoms with Gasteiger partial charge in [0.15, 0.2) is 0 Å². The molecule has 0 aliphatic carbocycles. The van der Waals surface area contributed by atoms with Crippen LogP contribution in [0.4, 0.5) is 0 Å². The molecule has 0 saturated heterocycles. The van der Waals surface area contributed by atoms with Crippen molar-refractivity contribution in [1.29, 1.82) is 0 Å². The summed E-state index contributed by atoms with van der Waals surface area (Å²) in [4.78, 5) is 0. The highest BCUT2D eigenvalue weighted by atomic mass is 14.8. The van der Waals surface area contributed by atoms with Gasteiger partial charge in [0.1, 0.15) is 0 Å². The van der Waals surface area contributed by atoms with Gasteiger partial charge in [-0.25, -0.2) is 0 Å². The zero-order valence-electron chi connectivity index (χ0n) is 12.7. The molecule has 0 aromatic rings. The van der Waals surface area contributed by atoms with Crippen molar-refractivity contribution in [1.82, 2.24) is 5.32 Å². The van der Waals surface area contributed by atoms with Gasteiger partial charge in [0, 0.05) is 6.04 Å². The number of unbranched alkanes of at least 4 members (excludes halogenated alkanes) is 7. The monoisotopic (exact) mass is 241 g/mol. The third-order valence-corrected chi connectivity index (χ3v) is 3.80. The molecule has 2 unspecified atom stereocenters. The molecule has 1 heteroatoms. The van der Waals surface area contributed by atoms with Gasteiger partial charge in [-0.1, -0.05) is 71.6 Å². The minimum absolute atomic E-state index is 0.680. The molecular weight excluding hydrogens is 206 g/mol. The first-order chi connectivity index (χ1) is 8.20. The lowest BCUT2D eigenvalue weighted by Crippen LogP contribution is -2.23. The number of hydrogen-bond acceptors (Lipinski definition) is 1. The lowest BCUT2D eigenvalue weighted by atomic mass is 9.96. The molecular formula is C16H35N. The molecule has 0 radical (unpaired) electrons. The van der Waals surface area contributed by atoms with E-state index in [0.29, 0.717) is 6.04 Å². The first-order valence-corrected chi connectivity index (χ1v) is 7.88. The highest BCUT2D eigenvalue weighted by Gasteiger charge is 2.06. The van der Waals surface area contributed by atoms with Gasteiger partial charge in [0.05, 0.1) is 0 Å². The molecule has 0 heterocycles. The summed E-state index contributed by atoms with van der Waals surface area (Å²) in [6.07, 6.45) is 14.2. The van der Waals surface area contributed by atoms with Crippen LogP contribution in [0.1, 0.15) is 85.0 Å². The van der Waals surface area contributed by atoms with Crippen molar-refractivity contribution in [3.05, 3.63) is 0 Å². The average Bonchev–Trinajstić information content (AvgIpc) is 2.32. The van der Waals surface area contributed by atoms with Gasteiger partial charge < -0.3 is 5.32 Å². The van der Waals surface area contributed by atoms with Crippen LogP contribution in [-0.2, 0) is 0 Å². The van der Waals surface area contributed by atoms with Crippen LogP contribution in [0.15, 0.2) is 0 Å². The van der Waals surface area contributed by atoms with E-state index in [9.17, 15) is 0 Å². The van der Waals surface area contributed by atoms with Crippen LogP contribution < -0.4 is 5.32 Å². The fraction of sp³-hybridized carbons (Fsp3) is 1.00. The van der Waals surface area contributed by atoms with Crippen molar-refractivity contribution in [3.63, 3.8) is 0 Å². The van der Waals surface area contributed by atoms with Gasteiger partial charge in [0.25, 0.3) is 0 Å². The van der Waals surface area contributed by atoms with E-state index in [-0.39, 0.29) is 0 Å². The van der Waals surface area contributed by atoms with Crippen molar-refractivity contribution in [2.45, 2.75) is 91.0 Å². The molecule has 0 aliphatic heterocycles. The number of rotatable bonds is 12. The summed E-state index contributed by atoms with van der Waals surface area (Å²) in [7, 11) is 2.06. The highest BCUT2D eigenvalue weighted by Crippen LogP contribution is 2.16. The van der Waals surface area contributed by atoms with Gasteiger partial charge in [-0.15, -0.1) is 0 Å². The molecule has 0 rings (SSSR count). The molecule has 17 heavy (non-hydrogen) atoms. The van der Waals surface area contributed by atoms with Crippen molar-refractivity contribution < 1.29 is 0 Å². The second kappa shape index (κ2) is 12.4. The molecule has 104 valence electrons. The van der Waals surface area contributed by atoms with Crippen molar-refractivity contribution in [2.24, 2.45) is 5.92 Å². The first-order valence-electron chi connectivity index (χ1n) is 7.88. The average molecular weight is 241 g/mol. The minimum Gasteiger partial charge on any atom is -0.317 e. The van der Waals surface area contributed by atoms with Crippen molar-refractivity contribution in [2.75, 3.05) is 7.05 Å². The van der Waals surface area contributed by atoms with E-state index in [1.165, 1.54) is 64.2 Å². The van der Waals surface area contributed by atoms with Crippen LogP contribution in [0.5, 0.6) is 0 Å². The Balaban J connectivity index is 3.16. The van der Waals surface area contributed by atoms with Crippen LogP contribution in [-0.4, -0.2) is 13.1 Å². The number of nitrogens with one attached hydrogen (secondary N) is 1. The molecule has 1 nitrogen and oxygen atoms in total. The lowest BCUT2D eigenvalue weighted by Gasteiger charge is -2.16. The van der Waals surface area contributed by atoms with Crippen LogP contribution in [0.3, 0.4) is 0 Å². The fourth-order valence-electron chi connectivity index (χ4n) is 2.47.